The number of morpholine rings is 1. The minimum absolute atomic E-state index is 0.229. The molecule has 0 saturated carbocycles. The van der Waals surface area contributed by atoms with Crippen molar-refractivity contribution < 1.29 is 19.7 Å². The zero-order valence-corrected chi connectivity index (χ0v) is 14.5. The van der Waals surface area contributed by atoms with Gasteiger partial charge in [0.25, 0.3) is 0 Å². The molecule has 0 bridgehead atoms. The quantitative estimate of drug-likeness (QED) is 0.572. The second-order valence-corrected chi connectivity index (χ2v) is 6.39. The molecule has 10 nitrogen and oxygen atoms in total. The normalized spacial score (nSPS) is 27.4. The fourth-order valence-electron chi connectivity index (χ4n) is 3.29. The lowest BCUT2D eigenvalue weighted by atomic mass is 10.2. The average molecular weight is 362 g/mol. The molecular weight excluding hydrogens is 340 g/mol. The number of hydrogen-bond donors (Lipinski definition) is 2. The second kappa shape index (κ2) is 7.23. The summed E-state index contributed by atoms with van der Waals surface area (Å²) in [6.45, 7) is 4.69. The van der Waals surface area contributed by atoms with Crippen LogP contribution < -0.4 is 0 Å². The van der Waals surface area contributed by atoms with Crippen LogP contribution in [0.3, 0.4) is 0 Å². The van der Waals surface area contributed by atoms with Crippen molar-refractivity contribution in [1.29, 1.82) is 0 Å². The Morgan fingerprint density at radius 1 is 1.31 bits per heavy atom. The zero-order chi connectivity index (χ0) is 18.1. The summed E-state index contributed by atoms with van der Waals surface area (Å²) in [5.74, 6) is 1.35. The third kappa shape index (κ3) is 3.16. The summed E-state index contributed by atoms with van der Waals surface area (Å²) in [6, 6.07) is 0. The van der Waals surface area contributed by atoms with E-state index in [9.17, 15) is 10.2 Å². The molecule has 4 rings (SSSR count). The van der Waals surface area contributed by atoms with Gasteiger partial charge in [0.2, 0.25) is 0 Å². The number of amidine groups is 1. The maximum atomic E-state index is 9.96. The molecule has 0 radical (unpaired) electrons. The largest absolute Gasteiger partial charge is 0.394 e. The highest BCUT2D eigenvalue weighted by molar-refractivity contribution is 5.88. The minimum atomic E-state index is -0.717. The number of aliphatic imine (C=N–C) groups is 1. The van der Waals surface area contributed by atoms with Gasteiger partial charge in [0, 0.05) is 19.5 Å². The molecule has 0 aliphatic carbocycles. The molecule has 2 N–H and O–H groups in total. The third-order valence-electron chi connectivity index (χ3n) is 4.77. The molecule has 0 spiro atoms. The summed E-state index contributed by atoms with van der Waals surface area (Å²) < 4.78 is 12.8. The van der Waals surface area contributed by atoms with Crippen LogP contribution in [0.25, 0.3) is 11.2 Å². The summed E-state index contributed by atoms with van der Waals surface area (Å²) >= 11 is 0. The molecule has 26 heavy (non-hydrogen) atoms. The van der Waals surface area contributed by atoms with E-state index in [0.717, 1.165) is 18.9 Å². The number of fused-ring (bicyclic) bond motifs is 1. The van der Waals surface area contributed by atoms with E-state index in [1.807, 2.05) is 6.92 Å². The standard InChI is InChI=1S/C16H22N6O4/c1-10(21-2-4-25-5-3-21)20-15-14-16(18-8-17-15)22(9-19-14)13-6-11(24)12(7-23)26-13/h8-9,11-13,23-24H,2-7H2,1H3/b20-10-/t11?,12-,13-/m1/s1. The topological polar surface area (TPSA) is 118 Å². The van der Waals surface area contributed by atoms with E-state index in [1.54, 1.807) is 10.9 Å². The number of aliphatic hydroxyl groups is 2. The van der Waals surface area contributed by atoms with Crippen molar-refractivity contribution >= 4 is 22.8 Å². The SMILES string of the molecule is C/C(=N/c1ncnc2c1ncn2[C@H]1CC(O)[C@@H](CO)O1)N1CCOCC1. The van der Waals surface area contributed by atoms with Gasteiger partial charge in [-0.3, -0.25) is 4.57 Å². The number of nitrogens with zero attached hydrogens (tertiary/aromatic N) is 6. The maximum Gasteiger partial charge on any atom is 0.185 e. The monoisotopic (exact) mass is 362 g/mol. The van der Waals surface area contributed by atoms with Crippen LogP contribution >= 0.6 is 0 Å². The van der Waals surface area contributed by atoms with Gasteiger partial charge < -0.3 is 24.6 Å². The van der Waals surface area contributed by atoms with E-state index >= 15 is 0 Å². The Balaban J connectivity index is 1.63. The maximum absolute atomic E-state index is 9.96. The van der Waals surface area contributed by atoms with Crippen LogP contribution in [0.5, 0.6) is 0 Å². The van der Waals surface area contributed by atoms with E-state index in [4.69, 9.17) is 9.47 Å². The van der Waals surface area contributed by atoms with E-state index in [2.05, 4.69) is 24.8 Å². The van der Waals surface area contributed by atoms with Crippen molar-refractivity contribution in [2.45, 2.75) is 31.8 Å². The third-order valence-corrected chi connectivity index (χ3v) is 4.77. The molecule has 2 saturated heterocycles. The van der Waals surface area contributed by atoms with Crippen LogP contribution in [0.1, 0.15) is 19.6 Å². The van der Waals surface area contributed by atoms with Gasteiger partial charge in [-0.05, 0) is 6.92 Å². The molecule has 0 aromatic carbocycles. The first kappa shape index (κ1) is 17.3. The molecule has 2 aliphatic rings. The molecule has 4 heterocycles. The lowest BCUT2D eigenvalue weighted by molar-refractivity contribution is -0.0432. The predicted octanol–water partition coefficient (Wildman–Crippen LogP) is -0.151. The fourth-order valence-corrected chi connectivity index (χ4v) is 3.29. The molecule has 3 atom stereocenters. The van der Waals surface area contributed by atoms with Crippen LogP contribution in [0.15, 0.2) is 17.6 Å². The Bertz CT molecular complexity index is 803. The van der Waals surface area contributed by atoms with Gasteiger partial charge >= 0.3 is 0 Å². The first-order valence-electron chi connectivity index (χ1n) is 8.67. The van der Waals surface area contributed by atoms with E-state index in [-0.39, 0.29) is 6.61 Å². The summed E-state index contributed by atoms with van der Waals surface area (Å²) in [5.41, 5.74) is 1.16. The lowest BCUT2D eigenvalue weighted by Crippen LogP contribution is -2.39. The number of aromatic nitrogens is 4. The summed E-state index contributed by atoms with van der Waals surface area (Å²) in [4.78, 5) is 19.7. The van der Waals surface area contributed by atoms with Gasteiger partial charge in [0.05, 0.1) is 32.3 Å². The fraction of sp³-hybridized carbons (Fsp3) is 0.625. The Morgan fingerprint density at radius 3 is 2.85 bits per heavy atom. The summed E-state index contributed by atoms with van der Waals surface area (Å²) in [7, 11) is 0. The Kier molecular flexibility index (Phi) is 4.81. The molecule has 2 aromatic rings. The van der Waals surface area contributed by atoms with E-state index < -0.39 is 18.4 Å². The average Bonchev–Trinajstić information content (AvgIpc) is 3.26. The molecule has 10 heteroatoms. The van der Waals surface area contributed by atoms with Crippen molar-refractivity contribution in [3.63, 3.8) is 0 Å². The Hall–Kier alpha value is -2.14. The van der Waals surface area contributed by atoms with Gasteiger partial charge in [-0.15, -0.1) is 0 Å². The highest BCUT2D eigenvalue weighted by Crippen LogP contribution is 2.32. The number of imidazole rings is 1. The molecule has 2 fully saturated rings. The second-order valence-electron chi connectivity index (χ2n) is 6.39. The van der Waals surface area contributed by atoms with Crippen LogP contribution in [-0.2, 0) is 9.47 Å². The van der Waals surface area contributed by atoms with Gasteiger partial charge in [-0.1, -0.05) is 0 Å². The first-order chi connectivity index (χ1) is 12.7. The zero-order valence-electron chi connectivity index (χ0n) is 14.5. The molecular formula is C16H22N6O4. The number of ether oxygens (including phenoxy) is 2. The first-order valence-corrected chi connectivity index (χ1v) is 8.67. The van der Waals surface area contributed by atoms with Crippen LogP contribution in [-0.4, -0.2) is 85.6 Å². The van der Waals surface area contributed by atoms with Crippen molar-refractivity contribution in [3.8, 4) is 0 Å². The van der Waals surface area contributed by atoms with Crippen molar-refractivity contribution in [2.75, 3.05) is 32.9 Å². The highest BCUT2D eigenvalue weighted by atomic mass is 16.5. The molecule has 140 valence electrons. The minimum Gasteiger partial charge on any atom is -0.394 e. The van der Waals surface area contributed by atoms with Gasteiger partial charge in [-0.25, -0.2) is 19.9 Å². The van der Waals surface area contributed by atoms with Crippen LogP contribution in [0.2, 0.25) is 0 Å². The van der Waals surface area contributed by atoms with Gasteiger partial charge in [-0.2, -0.15) is 0 Å². The van der Waals surface area contributed by atoms with Crippen molar-refractivity contribution in [3.05, 3.63) is 12.7 Å². The number of rotatable bonds is 3. The van der Waals surface area contributed by atoms with E-state index in [0.29, 0.717) is 36.6 Å². The molecule has 2 aromatic heterocycles. The van der Waals surface area contributed by atoms with Crippen molar-refractivity contribution in [2.24, 2.45) is 4.99 Å². The summed E-state index contributed by atoms with van der Waals surface area (Å²) in [6.07, 6.45) is 1.68. The predicted molar refractivity (Wildman–Crippen MR) is 92.1 cm³/mol. The number of aliphatic hydroxyl groups excluding tert-OH is 2. The highest BCUT2D eigenvalue weighted by Gasteiger charge is 2.35. The van der Waals surface area contributed by atoms with Gasteiger partial charge in [0.15, 0.2) is 17.0 Å². The molecule has 0 amide bonds. The Morgan fingerprint density at radius 2 is 2.12 bits per heavy atom. The summed E-state index contributed by atoms with van der Waals surface area (Å²) in [5, 5.41) is 19.2. The van der Waals surface area contributed by atoms with E-state index in [1.165, 1.54) is 6.33 Å². The molecule has 2 aliphatic heterocycles. The van der Waals surface area contributed by atoms with Crippen molar-refractivity contribution in [1.82, 2.24) is 24.4 Å². The lowest BCUT2D eigenvalue weighted by Gasteiger charge is -2.28. The smallest absolute Gasteiger partial charge is 0.185 e. The number of hydrogen-bond acceptors (Lipinski definition) is 8. The molecule has 1 unspecified atom stereocenters. The van der Waals surface area contributed by atoms with Crippen LogP contribution in [0, 0.1) is 0 Å². The Labute approximate surface area is 150 Å². The van der Waals surface area contributed by atoms with Gasteiger partial charge in [0.1, 0.15) is 24.5 Å². The van der Waals surface area contributed by atoms with Crippen LogP contribution in [0.4, 0.5) is 5.82 Å².